The van der Waals surface area contributed by atoms with Crippen molar-refractivity contribution in [3.63, 3.8) is 0 Å². The van der Waals surface area contributed by atoms with Crippen LogP contribution >= 0.6 is 45.3 Å². The fourth-order valence-corrected chi connectivity index (χ4v) is 18.8. The van der Waals surface area contributed by atoms with E-state index in [2.05, 4.69) is 262 Å². The molecule has 78 heavy (non-hydrogen) atoms. The molecule has 0 aliphatic carbocycles. The predicted molar refractivity (Wildman–Crippen MR) is 341 cm³/mol. The molecule has 14 aromatic rings. The molecule has 4 aromatic heterocycles. The Balaban J connectivity index is 0.997. The van der Waals surface area contributed by atoms with Crippen molar-refractivity contribution >= 4 is 197 Å². The van der Waals surface area contributed by atoms with Crippen molar-refractivity contribution < 1.29 is 0 Å². The van der Waals surface area contributed by atoms with E-state index >= 15 is 0 Å². The standard InChI is InChI=1S/C68H40B2N4S4/c1-5-21-43(22-6-1)71-51-37-41(38-52-59(51)69(65-61(71)47-29-13-17-33-55(47)75-65)66-62(48-30-14-18-34-56(48)76-66)72(52)44-23-7-2-8-24-44)42-39-53-60-54(40-42)74(46-27-11-4-12-28-46)64-50-32-16-20-36-58(50)78-68(64)70(60)67-63(49-31-15-19-35-57(49)77-67)73(53)45-25-9-3-10-26-45/h1-40H. The topological polar surface area (TPSA) is 13.0 Å². The number of hydrogen-bond donors (Lipinski definition) is 0. The zero-order valence-electron chi connectivity index (χ0n) is 41.7. The van der Waals surface area contributed by atoms with Crippen LogP contribution in [0.3, 0.4) is 0 Å². The van der Waals surface area contributed by atoms with Gasteiger partial charge in [-0.3, -0.25) is 0 Å². The smallest absolute Gasteiger partial charge is 0.277 e. The molecule has 362 valence electrons. The first-order valence-electron chi connectivity index (χ1n) is 26.6. The molecule has 0 bridgehead atoms. The second-order valence-electron chi connectivity index (χ2n) is 20.7. The van der Waals surface area contributed by atoms with Crippen LogP contribution < -0.4 is 49.6 Å². The average molecular weight is 1060 g/mol. The minimum Gasteiger partial charge on any atom is -0.310 e. The number of hydrogen-bond acceptors (Lipinski definition) is 8. The molecule has 0 radical (unpaired) electrons. The lowest BCUT2D eigenvalue weighted by Crippen LogP contribution is -2.59. The second kappa shape index (κ2) is 16.4. The van der Waals surface area contributed by atoms with Crippen LogP contribution in [0.25, 0.3) is 51.5 Å². The highest BCUT2D eigenvalue weighted by Crippen LogP contribution is 2.55. The molecule has 0 saturated carbocycles. The maximum atomic E-state index is 2.60. The molecule has 0 N–H and O–H groups in total. The van der Waals surface area contributed by atoms with E-state index in [-0.39, 0.29) is 13.4 Å². The van der Waals surface area contributed by atoms with Crippen LogP contribution in [0.4, 0.5) is 68.2 Å². The number of rotatable bonds is 5. The molecule has 10 heteroatoms. The largest absolute Gasteiger partial charge is 0.310 e. The van der Waals surface area contributed by atoms with Gasteiger partial charge in [0.15, 0.2) is 0 Å². The van der Waals surface area contributed by atoms with Crippen molar-refractivity contribution in [1.29, 1.82) is 0 Å². The van der Waals surface area contributed by atoms with Gasteiger partial charge in [0, 0.05) is 105 Å². The van der Waals surface area contributed by atoms with Crippen LogP contribution in [-0.2, 0) is 0 Å². The van der Waals surface area contributed by atoms with Gasteiger partial charge in [-0.25, -0.2) is 0 Å². The first kappa shape index (κ1) is 43.5. The Bertz CT molecular complexity index is 4200. The molecule has 4 aliphatic rings. The number of anilines is 12. The van der Waals surface area contributed by atoms with Crippen LogP contribution in [0.5, 0.6) is 0 Å². The molecule has 4 nitrogen and oxygen atoms in total. The zero-order valence-corrected chi connectivity index (χ0v) is 44.9. The molecule has 0 fully saturated rings. The van der Waals surface area contributed by atoms with Crippen LogP contribution in [0, 0.1) is 0 Å². The summed E-state index contributed by atoms with van der Waals surface area (Å²) in [5, 5.41) is 5.13. The normalized spacial score (nSPS) is 13.7. The summed E-state index contributed by atoms with van der Waals surface area (Å²) in [6.07, 6.45) is 0. The maximum Gasteiger partial charge on any atom is 0.277 e. The summed E-state index contributed by atoms with van der Waals surface area (Å²) in [5.41, 5.74) is 19.5. The number of thiophene rings is 4. The molecular formula is C68H40B2N4S4. The molecule has 0 amide bonds. The van der Waals surface area contributed by atoms with Gasteiger partial charge in [-0.2, -0.15) is 0 Å². The van der Waals surface area contributed by atoms with Gasteiger partial charge in [0.05, 0.1) is 22.7 Å². The van der Waals surface area contributed by atoms with E-state index in [4.69, 9.17) is 0 Å². The molecule has 10 aromatic carbocycles. The van der Waals surface area contributed by atoms with Gasteiger partial charge in [0.2, 0.25) is 0 Å². The highest BCUT2D eigenvalue weighted by molar-refractivity contribution is 7.41. The lowest BCUT2D eigenvalue weighted by molar-refractivity contribution is 1.27. The zero-order chi connectivity index (χ0) is 50.7. The van der Waals surface area contributed by atoms with Gasteiger partial charge >= 0.3 is 0 Å². The van der Waals surface area contributed by atoms with Gasteiger partial charge in [0.25, 0.3) is 13.4 Å². The van der Waals surface area contributed by atoms with Crippen molar-refractivity contribution in [3.8, 4) is 11.1 Å². The summed E-state index contributed by atoms with van der Waals surface area (Å²) >= 11 is 7.84. The van der Waals surface area contributed by atoms with E-state index in [0.717, 1.165) is 33.9 Å². The maximum absolute atomic E-state index is 2.60. The quantitative estimate of drug-likeness (QED) is 0.159. The Morgan fingerprint density at radius 2 is 0.462 bits per heavy atom. The summed E-state index contributed by atoms with van der Waals surface area (Å²) in [7, 11) is 0. The van der Waals surface area contributed by atoms with Crippen molar-refractivity contribution in [2.24, 2.45) is 0 Å². The van der Waals surface area contributed by atoms with E-state index in [1.807, 2.05) is 45.3 Å². The summed E-state index contributed by atoms with van der Waals surface area (Å²) in [6.45, 7) is 0.0407. The van der Waals surface area contributed by atoms with Gasteiger partial charge in [-0.1, -0.05) is 146 Å². The Labute approximate surface area is 467 Å². The van der Waals surface area contributed by atoms with Crippen LogP contribution in [0.15, 0.2) is 243 Å². The van der Waals surface area contributed by atoms with E-state index in [1.165, 1.54) is 116 Å². The Morgan fingerprint density at radius 1 is 0.244 bits per heavy atom. The SMILES string of the molecule is c1ccc(N2c3cc(-c4cc5c6c(c4)N(c4ccccc4)c4c(sc7ccccc47)B6c4sc6ccccc6c4N5c4ccccc4)cc4c3B(c3sc5ccccc5c32)c2sc3ccccc3c2N4c2ccccc2)cc1. The third kappa shape index (κ3) is 5.95. The van der Waals surface area contributed by atoms with Gasteiger partial charge in [0.1, 0.15) is 0 Å². The summed E-state index contributed by atoms with van der Waals surface area (Å²) in [6, 6.07) is 90.9. The van der Waals surface area contributed by atoms with Crippen LogP contribution in [0.1, 0.15) is 0 Å². The van der Waals surface area contributed by atoms with E-state index in [9.17, 15) is 0 Å². The van der Waals surface area contributed by atoms with E-state index < -0.39 is 0 Å². The fourth-order valence-electron chi connectivity index (χ4n) is 13.4. The predicted octanol–water partition coefficient (Wildman–Crippen LogP) is 16.4. The molecule has 0 spiro atoms. The molecule has 4 aliphatic heterocycles. The Kier molecular flexibility index (Phi) is 9.16. The summed E-state index contributed by atoms with van der Waals surface area (Å²) in [4.78, 5) is 10.4. The monoisotopic (exact) mass is 1060 g/mol. The molecule has 18 rings (SSSR count). The molecule has 8 heterocycles. The van der Waals surface area contributed by atoms with Gasteiger partial charge < -0.3 is 19.6 Å². The molecule has 0 saturated heterocycles. The second-order valence-corrected chi connectivity index (χ2v) is 25.0. The highest BCUT2D eigenvalue weighted by Gasteiger charge is 2.49. The third-order valence-electron chi connectivity index (χ3n) is 16.5. The van der Waals surface area contributed by atoms with Crippen molar-refractivity contribution in [2.45, 2.75) is 0 Å². The number of para-hydroxylation sites is 4. The van der Waals surface area contributed by atoms with Crippen LogP contribution in [-0.4, -0.2) is 13.4 Å². The fraction of sp³-hybridized carbons (Fsp3) is 0. The molecular weight excluding hydrogens is 1020 g/mol. The van der Waals surface area contributed by atoms with E-state index in [0.29, 0.717) is 0 Å². The summed E-state index contributed by atoms with van der Waals surface area (Å²) in [5.74, 6) is 0. The van der Waals surface area contributed by atoms with Crippen LogP contribution in [0.2, 0.25) is 0 Å². The van der Waals surface area contributed by atoms with Crippen molar-refractivity contribution in [1.82, 2.24) is 0 Å². The third-order valence-corrected chi connectivity index (χ3v) is 21.4. The first-order valence-corrected chi connectivity index (χ1v) is 29.8. The first-order chi connectivity index (χ1) is 38.7. The molecule has 0 unspecified atom stereocenters. The minimum absolute atomic E-state index is 0.0203. The number of benzene rings is 10. The summed E-state index contributed by atoms with van der Waals surface area (Å²) < 4.78 is 10.8. The average Bonchev–Trinajstić information content (AvgIpc) is 3.87. The minimum atomic E-state index is 0.0203. The lowest BCUT2D eigenvalue weighted by Gasteiger charge is -2.43. The van der Waals surface area contributed by atoms with Gasteiger partial charge in [-0.05, 0) is 119 Å². The van der Waals surface area contributed by atoms with Gasteiger partial charge in [-0.15, -0.1) is 45.3 Å². The molecule has 0 atom stereocenters. The number of fused-ring (bicyclic) bond motifs is 16. The van der Waals surface area contributed by atoms with E-state index in [1.54, 1.807) is 0 Å². The Morgan fingerprint density at radius 3 is 0.705 bits per heavy atom. The Hall–Kier alpha value is -8.63. The number of nitrogens with zero attached hydrogens (tertiary/aromatic N) is 4. The van der Waals surface area contributed by atoms with Crippen molar-refractivity contribution in [3.05, 3.63) is 243 Å². The lowest BCUT2D eigenvalue weighted by atomic mass is 9.39. The van der Waals surface area contributed by atoms with Crippen molar-refractivity contribution in [2.75, 3.05) is 19.6 Å². The highest BCUT2D eigenvalue weighted by atomic mass is 32.1.